The van der Waals surface area contributed by atoms with E-state index in [-0.39, 0.29) is 31.6 Å². The van der Waals surface area contributed by atoms with Crippen LogP contribution >= 0.6 is 0 Å². The highest BCUT2D eigenvalue weighted by molar-refractivity contribution is 6.06. The maximum Gasteiger partial charge on any atom is 0.313 e. The third-order valence-electron chi connectivity index (χ3n) is 8.40. The number of benzene rings is 1. The highest BCUT2D eigenvalue weighted by Crippen LogP contribution is 2.58. The summed E-state index contributed by atoms with van der Waals surface area (Å²) >= 11 is 0. The average Bonchev–Trinajstić information content (AvgIpc) is 3.25. The van der Waals surface area contributed by atoms with E-state index in [0.29, 0.717) is 25.8 Å². The number of aliphatic hydroxyl groups excluding tert-OH is 1. The molecule has 2 saturated heterocycles. The summed E-state index contributed by atoms with van der Waals surface area (Å²) in [6.07, 6.45) is 9.88. The first-order valence-electron chi connectivity index (χ1n) is 13.3. The van der Waals surface area contributed by atoms with E-state index >= 15 is 0 Å². The van der Waals surface area contributed by atoms with E-state index in [9.17, 15) is 19.5 Å². The van der Waals surface area contributed by atoms with Crippen LogP contribution in [0, 0.1) is 25.7 Å². The molecule has 0 radical (unpaired) electrons. The first-order chi connectivity index (χ1) is 17.8. The van der Waals surface area contributed by atoms with Gasteiger partial charge in [0.05, 0.1) is 12.5 Å². The van der Waals surface area contributed by atoms with Gasteiger partial charge < -0.3 is 24.4 Å². The maximum atomic E-state index is 14.5. The molecule has 8 nitrogen and oxygen atoms in total. The number of para-hydroxylation sites is 1. The van der Waals surface area contributed by atoms with Gasteiger partial charge in [0.25, 0.3) is 5.91 Å². The summed E-state index contributed by atoms with van der Waals surface area (Å²) < 4.78 is 12.6. The number of fused-ring (bicyclic) bond motifs is 2. The van der Waals surface area contributed by atoms with E-state index in [1.165, 1.54) is 4.90 Å². The highest BCUT2D eigenvalue weighted by atomic mass is 16.6. The topological polar surface area (TPSA) is 96.4 Å². The zero-order chi connectivity index (χ0) is 26.4. The number of rotatable bonds is 5. The lowest BCUT2D eigenvalue weighted by atomic mass is 9.73. The van der Waals surface area contributed by atoms with Gasteiger partial charge in [-0.3, -0.25) is 14.4 Å². The minimum Gasteiger partial charge on any atom is -0.465 e. The summed E-state index contributed by atoms with van der Waals surface area (Å²) in [7, 11) is 0. The van der Waals surface area contributed by atoms with E-state index in [2.05, 4.69) is 0 Å². The average molecular weight is 509 g/mol. The van der Waals surface area contributed by atoms with Gasteiger partial charge in [-0.1, -0.05) is 49.4 Å². The zero-order valence-electron chi connectivity index (χ0n) is 21.8. The molecule has 2 fully saturated rings. The van der Waals surface area contributed by atoms with Gasteiger partial charge >= 0.3 is 5.97 Å². The first-order valence-corrected chi connectivity index (χ1v) is 13.3. The Kier molecular flexibility index (Phi) is 6.75. The molecule has 1 unspecified atom stereocenters. The molecular weight excluding hydrogens is 472 g/mol. The third kappa shape index (κ3) is 3.84. The van der Waals surface area contributed by atoms with Gasteiger partial charge in [0.1, 0.15) is 23.2 Å². The SMILES string of the molecule is CC[C@@]12/C=C\CCCOC(=O)[C@@H]1[C@H]1C(=O)N(CCCO)C3C(=O)N(c4c(C)cccc4C)CC=C[C@@]31O2. The van der Waals surface area contributed by atoms with Crippen LogP contribution in [-0.2, 0) is 23.9 Å². The Labute approximate surface area is 217 Å². The Hall–Kier alpha value is -2.97. The molecule has 37 heavy (non-hydrogen) atoms. The van der Waals surface area contributed by atoms with Crippen molar-refractivity contribution in [3.63, 3.8) is 0 Å². The number of cyclic esters (lactones) is 1. The molecule has 1 spiro atoms. The molecule has 4 aliphatic heterocycles. The second-order valence-corrected chi connectivity index (χ2v) is 10.5. The number of aliphatic hydroxyl groups is 1. The molecule has 0 aliphatic carbocycles. The van der Waals surface area contributed by atoms with Crippen molar-refractivity contribution < 1.29 is 29.0 Å². The standard InChI is InChI=1S/C29H36N2O6/c1-4-28-13-6-5-7-18-36-27(35)22(28)21-25(33)31(16-10-17-32)24-26(34)30(15-9-14-29(21,24)37-28)23-19(2)11-8-12-20(23)3/h6,8-9,11-14,21-22,24,32H,4-5,7,10,15-18H2,1-3H3/b13-6-/t21-,22-,24?,28+,29-/m0/s1. The van der Waals surface area contributed by atoms with Gasteiger partial charge in [-0.15, -0.1) is 0 Å². The second kappa shape index (κ2) is 9.72. The number of hydrogen-bond acceptors (Lipinski definition) is 6. The van der Waals surface area contributed by atoms with Gasteiger partial charge in [-0.2, -0.15) is 0 Å². The lowest BCUT2D eigenvalue weighted by Gasteiger charge is -2.38. The van der Waals surface area contributed by atoms with Crippen molar-refractivity contribution >= 4 is 23.5 Å². The van der Waals surface area contributed by atoms with E-state index in [0.717, 1.165) is 23.2 Å². The molecule has 4 heterocycles. The quantitative estimate of drug-likeness (QED) is 0.485. The number of aryl methyl sites for hydroxylation is 2. The van der Waals surface area contributed by atoms with Gasteiger partial charge in [-0.25, -0.2) is 0 Å². The second-order valence-electron chi connectivity index (χ2n) is 10.5. The molecule has 198 valence electrons. The van der Waals surface area contributed by atoms with E-state index < -0.39 is 35.0 Å². The van der Waals surface area contributed by atoms with E-state index in [4.69, 9.17) is 9.47 Å². The molecule has 5 atom stereocenters. The van der Waals surface area contributed by atoms with Gasteiger partial charge in [-0.05, 0) is 50.7 Å². The molecule has 1 aromatic rings. The summed E-state index contributed by atoms with van der Waals surface area (Å²) in [4.78, 5) is 45.4. The molecule has 0 aromatic heterocycles. The predicted molar refractivity (Wildman–Crippen MR) is 138 cm³/mol. The van der Waals surface area contributed by atoms with Crippen molar-refractivity contribution in [3.05, 3.63) is 53.6 Å². The van der Waals surface area contributed by atoms with Crippen LogP contribution in [0.5, 0.6) is 0 Å². The van der Waals surface area contributed by atoms with Crippen LogP contribution in [0.1, 0.15) is 43.7 Å². The number of anilines is 1. The Bertz CT molecular complexity index is 1140. The monoisotopic (exact) mass is 508 g/mol. The van der Waals surface area contributed by atoms with Crippen molar-refractivity contribution in [2.24, 2.45) is 11.8 Å². The number of amides is 2. The number of carbonyl (C=O) groups is 3. The van der Waals surface area contributed by atoms with E-state index in [1.54, 1.807) is 4.90 Å². The Morgan fingerprint density at radius 2 is 1.81 bits per heavy atom. The van der Waals surface area contributed by atoms with Crippen LogP contribution in [0.2, 0.25) is 0 Å². The molecule has 5 rings (SSSR count). The van der Waals surface area contributed by atoms with Crippen LogP contribution in [0.3, 0.4) is 0 Å². The fourth-order valence-electron chi connectivity index (χ4n) is 6.79. The number of likely N-dealkylation sites (tertiary alicyclic amines) is 1. The fourth-order valence-corrected chi connectivity index (χ4v) is 6.79. The summed E-state index contributed by atoms with van der Waals surface area (Å²) in [5.41, 5.74) is 0.362. The minimum absolute atomic E-state index is 0.118. The lowest BCUT2D eigenvalue weighted by molar-refractivity contribution is -0.159. The summed E-state index contributed by atoms with van der Waals surface area (Å²) in [5, 5.41) is 9.58. The largest absolute Gasteiger partial charge is 0.465 e. The minimum atomic E-state index is -1.32. The van der Waals surface area contributed by atoms with Crippen molar-refractivity contribution in [1.82, 2.24) is 4.90 Å². The van der Waals surface area contributed by atoms with Crippen molar-refractivity contribution in [2.45, 2.75) is 63.7 Å². The van der Waals surface area contributed by atoms with Gasteiger partial charge in [0.2, 0.25) is 5.91 Å². The molecule has 0 saturated carbocycles. The number of hydrogen-bond donors (Lipinski definition) is 1. The number of carbonyl (C=O) groups excluding carboxylic acids is 3. The Balaban J connectivity index is 1.68. The van der Waals surface area contributed by atoms with Crippen LogP contribution in [-0.4, -0.2) is 71.3 Å². The molecule has 0 bridgehead atoms. The molecule has 1 N–H and O–H groups in total. The number of esters is 1. The number of nitrogens with zero attached hydrogens (tertiary/aromatic N) is 2. The molecule has 1 aromatic carbocycles. The smallest absolute Gasteiger partial charge is 0.313 e. The Morgan fingerprint density at radius 1 is 1.05 bits per heavy atom. The van der Waals surface area contributed by atoms with Crippen LogP contribution in [0.15, 0.2) is 42.5 Å². The van der Waals surface area contributed by atoms with Crippen molar-refractivity contribution in [2.75, 3.05) is 31.2 Å². The normalized spacial score (nSPS) is 34.2. The van der Waals surface area contributed by atoms with Gasteiger partial charge in [0.15, 0.2) is 0 Å². The molecule has 2 amide bonds. The van der Waals surface area contributed by atoms with E-state index in [1.807, 2.05) is 63.3 Å². The summed E-state index contributed by atoms with van der Waals surface area (Å²) in [6.45, 7) is 6.55. The molecule has 4 aliphatic rings. The third-order valence-corrected chi connectivity index (χ3v) is 8.40. The predicted octanol–water partition coefficient (Wildman–Crippen LogP) is 2.84. The zero-order valence-corrected chi connectivity index (χ0v) is 21.8. The van der Waals surface area contributed by atoms with Crippen LogP contribution in [0.4, 0.5) is 5.69 Å². The summed E-state index contributed by atoms with van der Waals surface area (Å²) in [6, 6.07) is 4.93. The first kappa shape index (κ1) is 25.7. The van der Waals surface area contributed by atoms with Gasteiger partial charge in [0, 0.05) is 25.4 Å². The number of allylic oxidation sites excluding steroid dienone is 1. The maximum absolute atomic E-state index is 14.5. The van der Waals surface area contributed by atoms with Crippen LogP contribution < -0.4 is 4.90 Å². The lowest BCUT2D eigenvalue weighted by Crippen LogP contribution is -2.56. The molecule has 8 heteroatoms. The Morgan fingerprint density at radius 3 is 2.51 bits per heavy atom. The van der Waals surface area contributed by atoms with Crippen molar-refractivity contribution in [3.8, 4) is 0 Å². The number of ether oxygens (including phenoxy) is 2. The van der Waals surface area contributed by atoms with Crippen molar-refractivity contribution in [1.29, 1.82) is 0 Å². The highest BCUT2D eigenvalue weighted by Gasteiger charge is 2.75. The fraction of sp³-hybridized carbons (Fsp3) is 0.552. The van der Waals surface area contributed by atoms with Crippen LogP contribution in [0.25, 0.3) is 0 Å². The summed E-state index contributed by atoms with van der Waals surface area (Å²) in [5.74, 6) is -2.77. The molecular formula is C29H36N2O6.